The molecule has 15 heavy (non-hydrogen) atoms. The highest BCUT2D eigenvalue weighted by Gasteiger charge is 2.22. The SMILES string of the molecule is C[C@@H]1C[C@@H](O)/C=C\[C@H](O)[C@H](O)CC(=O)O1. The van der Waals surface area contributed by atoms with Gasteiger partial charge in [-0.1, -0.05) is 12.2 Å². The Morgan fingerprint density at radius 1 is 1.33 bits per heavy atom. The van der Waals surface area contributed by atoms with E-state index in [2.05, 4.69) is 0 Å². The first-order chi connectivity index (χ1) is 6.99. The highest BCUT2D eigenvalue weighted by molar-refractivity contribution is 5.70. The van der Waals surface area contributed by atoms with Crippen molar-refractivity contribution >= 4 is 5.97 Å². The maximum absolute atomic E-state index is 11.2. The molecule has 0 aromatic rings. The Balaban J connectivity index is 2.72. The van der Waals surface area contributed by atoms with E-state index in [0.29, 0.717) is 0 Å². The molecule has 0 fully saturated rings. The fraction of sp³-hybridized carbons (Fsp3) is 0.700. The first-order valence-corrected chi connectivity index (χ1v) is 4.91. The van der Waals surface area contributed by atoms with Gasteiger partial charge in [0.2, 0.25) is 0 Å². The zero-order valence-corrected chi connectivity index (χ0v) is 8.54. The predicted octanol–water partition coefficient (Wildman–Crippen LogP) is -0.649. The summed E-state index contributed by atoms with van der Waals surface area (Å²) in [5.41, 5.74) is 0. The molecule has 0 saturated carbocycles. The number of esters is 1. The second-order valence-electron chi connectivity index (χ2n) is 3.75. The van der Waals surface area contributed by atoms with E-state index in [4.69, 9.17) is 4.74 Å². The van der Waals surface area contributed by atoms with Crippen LogP contribution in [0.2, 0.25) is 0 Å². The lowest BCUT2D eigenvalue weighted by atomic mass is 10.1. The van der Waals surface area contributed by atoms with E-state index in [-0.39, 0.29) is 12.8 Å². The molecule has 5 nitrogen and oxygen atoms in total. The van der Waals surface area contributed by atoms with E-state index >= 15 is 0 Å². The number of aliphatic hydroxyl groups is 3. The standard InChI is InChI=1S/C10H16O5/c1-6-4-7(11)2-3-8(12)9(13)5-10(14)15-6/h2-3,6-9,11-13H,4-5H2,1H3/b3-2-/t6-,7+,8+,9-/m1/s1. The van der Waals surface area contributed by atoms with Crippen LogP contribution in [0.5, 0.6) is 0 Å². The van der Waals surface area contributed by atoms with Crippen LogP contribution in [-0.4, -0.2) is 45.7 Å². The van der Waals surface area contributed by atoms with Gasteiger partial charge in [-0.3, -0.25) is 4.79 Å². The third kappa shape index (κ3) is 3.99. The van der Waals surface area contributed by atoms with Gasteiger partial charge in [-0.05, 0) is 6.92 Å². The highest BCUT2D eigenvalue weighted by Crippen LogP contribution is 2.11. The van der Waals surface area contributed by atoms with Crippen molar-refractivity contribution in [2.75, 3.05) is 0 Å². The van der Waals surface area contributed by atoms with Gasteiger partial charge in [0.05, 0.1) is 24.7 Å². The van der Waals surface area contributed by atoms with Gasteiger partial charge in [-0.2, -0.15) is 0 Å². The largest absolute Gasteiger partial charge is 0.462 e. The lowest BCUT2D eigenvalue weighted by Crippen LogP contribution is -2.31. The van der Waals surface area contributed by atoms with Gasteiger partial charge in [0.1, 0.15) is 6.10 Å². The molecule has 0 spiro atoms. The molecule has 0 unspecified atom stereocenters. The lowest BCUT2D eigenvalue weighted by molar-refractivity contribution is -0.152. The van der Waals surface area contributed by atoms with Crippen molar-refractivity contribution in [3.63, 3.8) is 0 Å². The number of carbonyl (C=O) groups excluding carboxylic acids is 1. The van der Waals surface area contributed by atoms with E-state index in [0.717, 1.165) is 0 Å². The van der Waals surface area contributed by atoms with Gasteiger partial charge in [0, 0.05) is 6.42 Å². The summed E-state index contributed by atoms with van der Waals surface area (Å²) in [5, 5.41) is 28.1. The molecule has 0 radical (unpaired) electrons. The topological polar surface area (TPSA) is 87.0 Å². The smallest absolute Gasteiger partial charge is 0.308 e. The van der Waals surface area contributed by atoms with Crippen molar-refractivity contribution in [1.29, 1.82) is 0 Å². The average Bonchev–Trinajstić information content (AvgIpc) is 2.12. The fourth-order valence-corrected chi connectivity index (χ4v) is 1.40. The number of cyclic esters (lactones) is 1. The number of ether oxygens (including phenoxy) is 1. The summed E-state index contributed by atoms with van der Waals surface area (Å²) < 4.78 is 4.91. The molecular weight excluding hydrogens is 200 g/mol. The molecule has 86 valence electrons. The first kappa shape index (κ1) is 12.2. The van der Waals surface area contributed by atoms with Crippen molar-refractivity contribution in [2.24, 2.45) is 0 Å². The summed E-state index contributed by atoms with van der Waals surface area (Å²) in [6.45, 7) is 1.67. The molecule has 1 aliphatic rings. The van der Waals surface area contributed by atoms with E-state index in [1.54, 1.807) is 6.92 Å². The zero-order valence-electron chi connectivity index (χ0n) is 8.54. The van der Waals surface area contributed by atoms with E-state index in [1.807, 2.05) is 0 Å². The molecule has 3 N–H and O–H groups in total. The Hall–Kier alpha value is -0.910. The Bertz CT molecular complexity index is 250. The third-order valence-corrected chi connectivity index (χ3v) is 2.21. The molecule has 0 saturated heterocycles. The fourth-order valence-electron chi connectivity index (χ4n) is 1.40. The number of hydrogen-bond acceptors (Lipinski definition) is 5. The van der Waals surface area contributed by atoms with Crippen LogP contribution in [0.25, 0.3) is 0 Å². The van der Waals surface area contributed by atoms with E-state index < -0.39 is 30.4 Å². The maximum atomic E-state index is 11.2. The number of aliphatic hydroxyl groups excluding tert-OH is 3. The second kappa shape index (κ2) is 5.25. The summed E-state index contributed by atoms with van der Waals surface area (Å²) in [6, 6.07) is 0. The molecule has 5 heteroatoms. The van der Waals surface area contributed by atoms with Crippen molar-refractivity contribution in [2.45, 2.75) is 44.2 Å². The van der Waals surface area contributed by atoms with Crippen LogP contribution in [0.1, 0.15) is 19.8 Å². The number of carbonyl (C=O) groups is 1. The number of rotatable bonds is 0. The molecule has 1 aliphatic heterocycles. The van der Waals surface area contributed by atoms with Crippen molar-refractivity contribution in [3.05, 3.63) is 12.2 Å². The van der Waals surface area contributed by atoms with Gasteiger partial charge in [0.25, 0.3) is 0 Å². The van der Waals surface area contributed by atoms with Crippen LogP contribution in [0, 0.1) is 0 Å². The monoisotopic (exact) mass is 216 g/mol. The molecule has 1 rings (SSSR count). The molecule has 0 aliphatic carbocycles. The van der Waals surface area contributed by atoms with Gasteiger partial charge in [-0.15, -0.1) is 0 Å². The third-order valence-electron chi connectivity index (χ3n) is 2.21. The molecule has 0 aromatic carbocycles. The van der Waals surface area contributed by atoms with Crippen LogP contribution in [-0.2, 0) is 9.53 Å². The Labute approximate surface area is 88.0 Å². The van der Waals surface area contributed by atoms with Gasteiger partial charge in [0.15, 0.2) is 0 Å². The molecule has 0 amide bonds. The average molecular weight is 216 g/mol. The van der Waals surface area contributed by atoms with Crippen molar-refractivity contribution in [3.8, 4) is 0 Å². The molecule has 0 bridgehead atoms. The minimum absolute atomic E-state index is 0.244. The Kier molecular flexibility index (Phi) is 4.26. The zero-order chi connectivity index (χ0) is 11.4. The van der Waals surface area contributed by atoms with Crippen LogP contribution < -0.4 is 0 Å². The summed E-state index contributed by atoms with van der Waals surface area (Å²) in [4.78, 5) is 11.2. The van der Waals surface area contributed by atoms with Gasteiger partial charge in [-0.25, -0.2) is 0 Å². The lowest BCUT2D eigenvalue weighted by Gasteiger charge is -2.20. The normalized spacial score (nSPS) is 40.7. The second-order valence-corrected chi connectivity index (χ2v) is 3.75. The summed E-state index contributed by atoms with van der Waals surface area (Å²) in [7, 11) is 0. The minimum atomic E-state index is -1.19. The van der Waals surface area contributed by atoms with E-state index in [1.165, 1.54) is 12.2 Å². The molecule has 1 heterocycles. The summed E-state index contributed by atoms with van der Waals surface area (Å²) >= 11 is 0. The first-order valence-electron chi connectivity index (χ1n) is 4.91. The quantitative estimate of drug-likeness (QED) is 0.370. The summed E-state index contributed by atoms with van der Waals surface area (Å²) in [5.74, 6) is -0.573. The minimum Gasteiger partial charge on any atom is -0.462 e. The van der Waals surface area contributed by atoms with E-state index in [9.17, 15) is 20.1 Å². The Morgan fingerprint density at radius 2 is 2.00 bits per heavy atom. The number of hydrogen-bond donors (Lipinski definition) is 3. The van der Waals surface area contributed by atoms with Gasteiger partial charge >= 0.3 is 5.97 Å². The van der Waals surface area contributed by atoms with Crippen LogP contribution in [0.3, 0.4) is 0 Å². The highest BCUT2D eigenvalue weighted by atomic mass is 16.5. The molecule has 4 atom stereocenters. The Morgan fingerprint density at radius 3 is 2.67 bits per heavy atom. The van der Waals surface area contributed by atoms with Crippen LogP contribution in [0.4, 0.5) is 0 Å². The predicted molar refractivity (Wildman–Crippen MR) is 51.9 cm³/mol. The molecule has 0 aromatic heterocycles. The maximum Gasteiger partial charge on any atom is 0.308 e. The summed E-state index contributed by atoms with van der Waals surface area (Å²) in [6.07, 6.45) is -0.805. The van der Waals surface area contributed by atoms with Crippen LogP contribution in [0.15, 0.2) is 12.2 Å². The van der Waals surface area contributed by atoms with Gasteiger partial charge < -0.3 is 20.1 Å². The van der Waals surface area contributed by atoms with Crippen molar-refractivity contribution in [1.82, 2.24) is 0 Å². The van der Waals surface area contributed by atoms with Crippen LogP contribution >= 0.6 is 0 Å². The molecular formula is C10H16O5. The van der Waals surface area contributed by atoms with Crippen molar-refractivity contribution < 1.29 is 24.9 Å².